The quantitative estimate of drug-likeness (QED) is 0.685. The highest BCUT2D eigenvalue weighted by molar-refractivity contribution is 7.12. The van der Waals surface area contributed by atoms with Gasteiger partial charge in [-0.05, 0) is 39.3 Å². The molecule has 6 heteroatoms. The molecule has 0 fully saturated rings. The molecular weight excluding hydrogens is 362 g/mol. The van der Waals surface area contributed by atoms with Gasteiger partial charge in [-0.3, -0.25) is 0 Å². The highest BCUT2D eigenvalue weighted by Gasteiger charge is 2.29. The molecule has 0 atom stereocenters. The summed E-state index contributed by atoms with van der Waals surface area (Å²) in [5.41, 5.74) is 5.22. The van der Waals surface area contributed by atoms with E-state index in [2.05, 4.69) is 29.6 Å². The molecule has 0 radical (unpaired) electrons. The minimum atomic E-state index is -0.991. The third-order valence-corrected chi connectivity index (χ3v) is 5.65. The number of nitrogens with one attached hydrogen (secondary N) is 1. The second kappa shape index (κ2) is 7.25. The molecule has 1 amide bonds. The topological polar surface area (TPSA) is 75.6 Å². The van der Waals surface area contributed by atoms with Crippen molar-refractivity contribution in [3.8, 4) is 11.1 Å². The van der Waals surface area contributed by atoms with Crippen molar-refractivity contribution in [1.29, 1.82) is 0 Å². The number of thiophene rings is 1. The van der Waals surface area contributed by atoms with Crippen LogP contribution in [0.5, 0.6) is 0 Å². The number of carboxylic acids is 1. The molecule has 1 heterocycles. The monoisotopic (exact) mass is 379 g/mol. The maximum atomic E-state index is 12.1. The predicted octanol–water partition coefficient (Wildman–Crippen LogP) is 4.49. The fourth-order valence-corrected chi connectivity index (χ4v) is 4.24. The first-order valence-electron chi connectivity index (χ1n) is 8.53. The van der Waals surface area contributed by atoms with Gasteiger partial charge in [-0.25, -0.2) is 9.59 Å². The summed E-state index contributed by atoms with van der Waals surface area (Å²) in [6.07, 6.45) is -0.556. The second-order valence-corrected chi connectivity index (χ2v) is 7.18. The van der Waals surface area contributed by atoms with Gasteiger partial charge in [0.25, 0.3) is 0 Å². The molecule has 0 aliphatic heterocycles. The van der Waals surface area contributed by atoms with E-state index in [4.69, 9.17) is 9.84 Å². The lowest BCUT2D eigenvalue weighted by Crippen LogP contribution is -2.26. The maximum absolute atomic E-state index is 12.1. The molecule has 0 bridgehead atoms. The zero-order valence-electron chi connectivity index (χ0n) is 14.3. The fourth-order valence-electron chi connectivity index (χ4n) is 3.48. The van der Waals surface area contributed by atoms with Crippen LogP contribution in [0, 0.1) is 0 Å². The van der Waals surface area contributed by atoms with Crippen LogP contribution in [-0.4, -0.2) is 23.8 Å². The Hall–Kier alpha value is -3.12. The van der Waals surface area contributed by atoms with E-state index in [9.17, 15) is 9.59 Å². The number of carboxylic acid groups (broad SMARTS) is 1. The molecule has 1 aromatic heterocycles. The number of benzene rings is 2. The van der Waals surface area contributed by atoms with Crippen LogP contribution in [0.1, 0.15) is 32.3 Å². The van der Waals surface area contributed by atoms with Gasteiger partial charge >= 0.3 is 12.1 Å². The van der Waals surface area contributed by atoms with Gasteiger partial charge in [-0.1, -0.05) is 48.5 Å². The zero-order valence-corrected chi connectivity index (χ0v) is 15.2. The molecule has 136 valence electrons. The van der Waals surface area contributed by atoms with Gasteiger partial charge in [-0.2, -0.15) is 0 Å². The smallest absolute Gasteiger partial charge is 0.407 e. The number of carbonyl (C=O) groups excluding carboxylic acids is 1. The van der Waals surface area contributed by atoms with E-state index in [0.29, 0.717) is 5.56 Å². The van der Waals surface area contributed by atoms with Crippen LogP contribution in [0.4, 0.5) is 4.79 Å². The van der Waals surface area contributed by atoms with Crippen LogP contribution in [0.15, 0.2) is 60.0 Å². The Morgan fingerprint density at radius 3 is 2.26 bits per heavy atom. The van der Waals surface area contributed by atoms with E-state index in [-0.39, 0.29) is 23.9 Å². The molecule has 27 heavy (non-hydrogen) atoms. The zero-order chi connectivity index (χ0) is 18.8. The molecule has 3 aromatic rings. The van der Waals surface area contributed by atoms with Crippen LogP contribution in [-0.2, 0) is 11.3 Å². The van der Waals surface area contributed by atoms with Crippen molar-refractivity contribution in [1.82, 2.24) is 5.32 Å². The van der Waals surface area contributed by atoms with Gasteiger partial charge in [0.1, 0.15) is 11.5 Å². The highest BCUT2D eigenvalue weighted by Crippen LogP contribution is 2.44. The summed E-state index contributed by atoms with van der Waals surface area (Å²) in [6, 6.07) is 18.0. The summed E-state index contributed by atoms with van der Waals surface area (Å²) in [5, 5.41) is 13.4. The molecule has 4 rings (SSSR count). The molecule has 1 aliphatic rings. The van der Waals surface area contributed by atoms with Gasteiger partial charge in [0, 0.05) is 12.5 Å². The van der Waals surface area contributed by atoms with E-state index in [0.717, 1.165) is 22.5 Å². The number of hydrogen-bond acceptors (Lipinski definition) is 4. The van der Waals surface area contributed by atoms with Gasteiger partial charge < -0.3 is 15.2 Å². The van der Waals surface area contributed by atoms with Crippen molar-refractivity contribution < 1.29 is 19.4 Å². The summed E-state index contributed by atoms with van der Waals surface area (Å²) in [7, 11) is 0. The minimum Gasteiger partial charge on any atom is -0.477 e. The Morgan fingerprint density at radius 1 is 1.00 bits per heavy atom. The van der Waals surface area contributed by atoms with Crippen molar-refractivity contribution in [3.63, 3.8) is 0 Å². The lowest BCUT2D eigenvalue weighted by molar-refractivity contribution is 0.0700. The first kappa shape index (κ1) is 17.3. The number of fused-ring (bicyclic) bond motifs is 3. The third-order valence-electron chi connectivity index (χ3n) is 4.71. The Kier molecular flexibility index (Phi) is 4.64. The average Bonchev–Trinajstić information content (AvgIpc) is 3.28. The van der Waals surface area contributed by atoms with Crippen molar-refractivity contribution in [2.45, 2.75) is 12.5 Å². The van der Waals surface area contributed by atoms with E-state index >= 15 is 0 Å². The number of aromatic carboxylic acids is 1. The summed E-state index contributed by atoms with van der Waals surface area (Å²) >= 11 is 1.14. The lowest BCUT2D eigenvalue weighted by atomic mass is 9.98. The normalized spacial score (nSPS) is 12.3. The van der Waals surface area contributed by atoms with Gasteiger partial charge in [-0.15, -0.1) is 11.3 Å². The largest absolute Gasteiger partial charge is 0.477 e. The number of amides is 1. The lowest BCUT2D eigenvalue weighted by Gasteiger charge is -2.14. The molecule has 2 aromatic carbocycles. The Morgan fingerprint density at radius 2 is 1.63 bits per heavy atom. The second-order valence-electron chi connectivity index (χ2n) is 6.26. The summed E-state index contributed by atoms with van der Waals surface area (Å²) in [4.78, 5) is 23.5. The van der Waals surface area contributed by atoms with E-state index in [1.165, 1.54) is 11.1 Å². The van der Waals surface area contributed by atoms with E-state index in [1.807, 2.05) is 24.3 Å². The molecule has 0 saturated carbocycles. The molecule has 5 nitrogen and oxygen atoms in total. The first-order valence-corrected chi connectivity index (χ1v) is 9.41. The Bertz CT molecular complexity index is 965. The van der Waals surface area contributed by atoms with Crippen LogP contribution in [0.3, 0.4) is 0 Å². The molecule has 2 N–H and O–H groups in total. The van der Waals surface area contributed by atoms with Crippen molar-refractivity contribution in [2.75, 3.05) is 6.61 Å². The van der Waals surface area contributed by atoms with Crippen LogP contribution < -0.4 is 5.32 Å². The number of carbonyl (C=O) groups is 2. The van der Waals surface area contributed by atoms with Crippen LogP contribution in [0.2, 0.25) is 0 Å². The Balaban J connectivity index is 1.42. The average molecular weight is 379 g/mol. The highest BCUT2D eigenvalue weighted by atomic mass is 32.1. The predicted molar refractivity (Wildman–Crippen MR) is 103 cm³/mol. The van der Waals surface area contributed by atoms with Crippen LogP contribution in [0.25, 0.3) is 11.1 Å². The molecule has 0 spiro atoms. The number of alkyl carbamates (subject to hydrolysis) is 1. The number of hydrogen-bond donors (Lipinski definition) is 2. The van der Waals surface area contributed by atoms with Crippen molar-refractivity contribution in [2.24, 2.45) is 0 Å². The maximum Gasteiger partial charge on any atom is 0.407 e. The molecule has 0 saturated heterocycles. The number of rotatable bonds is 5. The van der Waals surface area contributed by atoms with Gasteiger partial charge in [0.2, 0.25) is 0 Å². The van der Waals surface area contributed by atoms with Gasteiger partial charge in [0.05, 0.1) is 0 Å². The van der Waals surface area contributed by atoms with Crippen molar-refractivity contribution >= 4 is 23.4 Å². The number of ether oxygens (including phenoxy) is 1. The van der Waals surface area contributed by atoms with E-state index in [1.54, 1.807) is 11.4 Å². The van der Waals surface area contributed by atoms with E-state index < -0.39 is 12.1 Å². The van der Waals surface area contributed by atoms with Crippen LogP contribution >= 0.6 is 11.3 Å². The summed E-state index contributed by atoms with van der Waals surface area (Å²) < 4.78 is 5.44. The fraction of sp³-hybridized carbons (Fsp3) is 0.143. The minimum absolute atomic E-state index is 0.00104. The van der Waals surface area contributed by atoms with Gasteiger partial charge in [0.15, 0.2) is 0 Å². The SMILES string of the molecule is O=C(NCc1ccsc1C(=O)O)OCC1c2ccccc2-c2ccccc21. The Labute approximate surface area is 160 Å². The first-order chi connectivity index (χ1) is 13.1. The summed E-state index contributed by atoms with van der Waals surface area (Å²) in [5.74, 6) is -0.992. The summed E-state index contributed by atoms with van der Waals surface area (Å²) in [6.45, 7) is 0.358. The standard InChI is InChI=1S/C21H17NO4S/c23-20(24)19-13(9-10-27-19)11-22-21(25)26-12-18-16-7-3-1-5-14(16)15-6-2-4-8-17(15)18/h1-10,18H,11-12H2,(H,22,25)(H,23,24). The van der Waals surface area contributed by atoms with Crippen molar-refractivity contribution in [3.05, 3.63) is 81.5 Å². The molecule has 0 unspecified atom stereocenters. The molecule has 1 aliphatic carbocycles. The molecular formula is C21H17NO4S. The third kappa shape index (κ3) is 3.31.